The molecule has 0 bridgehead atoms. The highest BCUT2D eigenvalue weighted by Crippen LogP contribution is 2.22. The molecule has 1 heterocycles. The van der Waals surface area contributed by atoms with Crippen LogP contribution in [0.2, 0.25) is 0 Å². The second kappa shape index (κ2) is 5.06. The predicted molar refractivity (Wildman–Crippen MR) is 64.1 cm³/mol. The molecule has 0 saturated heterocycles. The summed E-state index contributed by atoms with van der Waals surface area (Å²) in [6.45, 7) is 2.06. The van der Waals surface area contributed by atoms with Gasteiger partial charge in [-0.1, -0.05) is 31.2 Å². The fourth-order valence-corrected chi connectivity index (χ4v) is 1.69. The quantitative estimate of drug-likeness (QED) is 0.881. The van der Waals surface area contributed by atoms with Gasteiger partial charge in [0.15, 0.2) is 0 Å². The van der Waals surface area contributed by atoms with Crippen LogP contribution in [0.3, 0.4) is 0 Å². The number of hydrogen-bond donors (Lipinski definition) is 1. The van der Waals surface area contributed by atoms with Crippen molar-refractivity contribution in [1.82, 2.24) is 4.98 Å². The summed E-state index contributed by atoms with van der Waals surface area (Å²) in [5.41, 5.74) is 1.90. The summed E-state index contributed by atoms with van der Waals surface area (Å²) in [5.74, 6) is -0.487. The number of halogens is 1. The van der Waals surface area contributed by atoms with Crippen LogP contribution in [0.15, 0.2) is 42.6 Å². The Morgan fingerprint density at radius 1 is 1.24 bits per heavy atom. The maximum absolute atomic E-state index is 13.4. The van der Waals surface area contributed by atoms with Crippen molar-refractivity contribution in [2.24, 2.45) is 0 Å². The fourth-order valence-electron chi connectivity index (χ4n) is 1.69. The number of aryl methyl sites for hydroxylation is 1. The molecular weight excluding hydrogens is 217 g/mol. The van der Waals surface area contributed by atoms with Gasteiger partial charge in [-0.3, -0.25) is 4.98 Å². The lowest BCUT2D eigenvalue weighted by atomic mass is 10.0. The van der Waals surface area contributed by atoms with E-state index in [1.54, 1.807) is 12.1 Å². The molecule has 0 amide bonds. The third kappa shape index (κ3) is 2.50. The molecule has 2 aromatic rings. The molecule has 88 valence electrons. The number of aromatic nitrogens is 1. The Kier molecular flexibility index (Phi) is 3.49. The first-order chi connectivity index (χ1) is 8.22. The van der Waals surface area contributed by atoms with E-state index in [0.717, 1.165) is 6.42 Å². The number of hydrogen-bond acceptors (Lipinski definition) is 2. The summed E-state index contributed by atoms with van der Waals surface area (Å²) in [6, 6.07) is 10.3. The molecule has 1 N–H and O–H groups in total. The summed E-state index contributed by atoms with van der Waals surface area (Å²) < 4.78 is 13.4. The minimum atomic E-state index is -1.01. The van der Waals surface area contributed by atoms with Crippen LogP contribution >= 0.6 is 0 Å². The number of pyridine rings is 1. The molecule has 0 fully saturated rings. The van der Waals surface area contributed by atoms with Crippen molar-refractivity contribution in [2.75, 3.05) is 0 Å². The van der Waals surface area contributed by atoms with Gasteiger partial charge in [0.1, 0.15) is 17.6 Å². The molecule has 1 atom stereocenters. The van der Waals surface area contributed by atoms with Crippen LogP contribution in [-0.2, 0) is 6.42 Å². The Morgan fingerprint density at radius 2 is 1.94 bits per heavy atom. The van der Waals surface area contributed by atoms with Crippen LogP contribution < -0.4 is 0 Å². The number of aliphatic hydroxyl groups is 1. The van der Waals surface area contributed by atoms with Crippen LogP contribution in [0.4, 0.5) is 4.39 Å². The zero-order valence-corrected chi connectivity index (χ0v) is 9.60. The van der Waals surface area contributed by atoms with Gasteiger partial charge in [-0.25, -0.2) is 4.39 Å². The molecule has 0 aliphatic rings. The Bertz CT molecular complexity index is 496. The average Bonchev–Trinajstić information content (AvgIpc) is 2.39. The number of benzene rings is 1. The molecule has 17 heavy (non-hydrogen) atoms. The van der Waals surface area contributed by atoms with Crippen molar-refractivity contribution in [3.8, 4) is 0 Å². The Hall–Kier alpha value is -1.74. The molecule has 0 spiro atoms. The SMILES string of the molecule is CCc1ccc(C(O)c2ncccc2F)cc1. The van der Waals surface area contributed by atoms with Crippen LogP contribution in [0, 0.1) is 5.82 Å². The molecule has 0 aliphatic carbocycles. The van der Waals surface area contributed by atoms with Gasteiger partial charge in [0, 0.05) is 6.20 Å². The van der Waals surface area contributed by atoms with Gasteiger partial charge in [0.05, 0.1) is 0 Å². The van der Waals surface area contributed by atoms with Gasteiger partial charge in [0.25, 0.3) is 0 Å². The lowest BCUT2D eigenvalue weighted by Gasteiger charge is -2.11. The molecule has 3 heteroatoms. The monoisotopic (exact) mass is 231 g/mol. The molecule has 1 unspecified atom stereocenters. The standard InChI is InChI=1S/C14H14FNO/c1-2-10-5-7-11(8-6-10)14(17)13-12(15)4-3-9-16-13/h3-9,14,17H,2H2,1H3. The smallest absolute Gasteiger partial charge is 0.147 e. The van der Waals surface area contributed by atoms with Crippen molar-refractivity contribution in [2.45, 2.75) is 19.4 Å². The second-order valence-corrected chi connectivity index (χ2v) is 3.87. The first kappa shape index (κ1) is 11.7. The highest BCUT2D eigenvalue weighted by atomic mass is 19.1. The van der Waals surface area contributed by atoms with Crippen molar-refractivity contribution >= 4 is 0 Å². The minimum Gasteiger partial charge on any atom is -0.382 e. The van der Waals surface area contributed by atoms with E-state index in [1.165, 1.54) is 23.9 Å². The number of rotatable bonds is 3. The Labute approximate surface area is 99.8 Å². The normalized spacial score (nSPS) is 12.4. The van der Waals surface area contributed by atoms with Crippen molar-refractivity contribution in [1.29, 1.82) is 0 Å². The first-order valence-corrected chi connectivity index (χ1v) is 5.59. The van der Waals surface area contributed by atoms with E-state index in [2.05, 4.69) is 11.9 Å². The molecule has 1 aromatic heterocycles. The molecule has 2 nitrogen and oxygen atoms in total. The van der Waals surface area contributed by atoms with Gasteiger partial charge < -0.3 is 5.11 Å². The van der Waals surface area contributed by atoms with Crippen LogP contribution in [0.5, 0.6) is 0 Å². The summed E-state index contributed by atoms with van der Waals surface area (Å²) >= 11 is 0. The van der Waals surface area contributed by atoms with Crippen molar-refractivity contribution < 1.29 is 9.50 Å². The lowest BCUT2D eigenvalue weighted by molar-refractivity contribution is 0.209. The largest absolute Gasteiger partial charge is 0.382 e. The second-order valence-electron chi connectivity index (χ2n) is 3.87. The minimum absolute atomic E-state index is 0.0664. The van der Waals surface area contributed by atoms with E-state index in [-0.39, 0.29) is 5.69 Å². The molecule has 2 rings (SSSR count). The molecule has 0 saturated carbocycles. The maximum Gasteiger partial charge on any atom is 0.147 e. The van der Waals surface area contributed by atoms with Crippen molar-refractivity contribution in [3.05, 3.63) is 65.2 Å². The summed E-state index contributed by atoms with van der Waals surface area (Å²) in [6.07, 6.45) is 1.40. The zero-order valence-electron chi connectivity index (χ0n) is 9.60. The predicted octanol–water partition coefficient (Wildman–Crippen LogP) is 2.86. The summed E-state index contributed by atoms with van der Waals surface area (Å²) in [5, 5.41) is 10.0. The van der Waals surface area contributed by atoms with Crippen LogP contribution in [0.25, 0.3) is 0 Å². The van der Waals surface area contributed by atoms with Crippen molar-refractivity contribution in [3.63, 3.8) is 0 Å². The highest BCUT2D eigenvalue weighted by molar-refractivity contribution is 5.29. The zero-order chi connectivity index (χ0) is 12.3. The van der Waals surface area contributed by atoms with E-state index in [0.29, 0.717) is 5.56 Å². The molecule has 0 aliphatic heterocycles. The van der Waals surface area contributed by atoms with Gasteiger partial charge in [-0.05, 0) is 29.7 Å². The molecule has 1 aromatic carbocycles. The Balaban J connectivity index is 2.30. The van der Waals surface area contributed by atoms with Gasteiger partial charge in [-0.15, -0.1) is 0 Å². The third-order valence-corrected chi connectivity index (χ3v) is 2.75. The van der Waals surface area contributed by atoms with Crippen LogP contribution in [0.1, 0.15) is 29.8 Å². The van der Waals surface area contributed by atoms with Gasteiger partial charge >= 0.3 is 0 Å². The van der Waals surface area contributed by atoms with Gasteiger partial charge in [0.2, 0.25) is 0 Å². The van der Waals surface area contributed by atoms with E-state index in [1.807, 2.05) is 12.1 Å². The topological polar surface area (TPSA) is 33.1 Å². The maximum atomic E-state index is 13.4. The fraction of sp³-hybridized carbons (Fsp3) is 0.214. The highest BCUT2D eigenvalue weighted by Gasteiger charge is 2.15. The van der Waals surface area contributed by atoms with E-state index in [9.17, 15) is 9.50 Å². The number of nitrogens with zero attached hydrogens (tertiary/aromatic N) is 1. The van der Waals surface area contributed by atoms with E-state index in [4.69, 9.17) is 0 Å². The Morgan fingerprint density at radius 3 is 2.53 bits per heavy atom. The van der Waals surface area contributed by atoms with Crippen LogP contribution in [-0.4, -0.2) is 10.1 Å². The summed E-state index contributed by atoms with van der Waals surface area (Å²) in [7, 11) is 0. The lowest BCUT2D eigenvalue weighted by Crippen LogP contribution is -2.05. The third-order valence-electron chi connectivity index (χ3n) is 2.75. The van der Waals surface area contributed by atoms with E-state index >= 15 is 0 Å². The van der Waals surface area contributed by atoms with E-state index < -0.39 is 11.9 Å². The average molecular weight is 231 g/mol. The number of aliphatic hydroxyl groups excluding tert-OH is 1. The first-order valence-electron chi connectivity index (χ1n) is 5.59. The van der Waals surface area contributed by atoms with Gasteiger partial charge in [-0.2, -0.15) is 0 Å². The molecule has 0 radical (unpaired) electrons. The summed E-state index contributed by atoms with van der Waals surface area (Å²) in [4.78, 5) is 3.87. The molecular formula is C14H14FNO.